The van der Waals surface area contributed by atoms with Gasteiger partial charge in [-0.05, 0) is 18.2 Å². The maximum atomic E-state index is 10.8. The van der Waals surface area contributed by atoms with Crippen LogP contribution in [0.1, 0.15) is 10.5 Å². The Bertz CT molecular complexity index is 638. The van der Waals surface area contributed by atoms with E-state index in [4.69, 9.17) is 26.2 Å². The minimum absolute atomic E-state index is 0.0161. The van der Waals surface area contributed by atoms with Gasteiger partial charge in [-0.15, -0.1) is 0 Å². The highest BCUT2D eigenvalue weighted by atomic mass is 35.5. The summed E-state index contributed by atoms with van der Waals surface area (Å²) in [5.74, 6) is -0.0465. The molecule has 6 nitrogen and oxygen atoms in total. The molecule has 2 heterocycles. The summed E-state index contributed by atoms with van der Waals surface area (Å²) in [6.07, 6.45) is 0. The smallest absolute Gasteiger partial charge is 0.353 e. The molecule has 2 aromatic rings. The van der Waals surface area contributed by atoms with E-state index in [1.54, 1.807) is 12.1 Å². The van der Waals surface area contributed by atoms with Crippen LogP contribution in [0.25, 0.3) is 11.3 Å². The van der Waals surface area contributed by atoms with Crippen LogP contribution in [0.5, 0.6) is 11.5 Å². The lowest BCUT2D eigenvalue weighted by Gasteiger charge is -2.04. The van der Waals surface area contributed by atoms with Crippen molar-refractivity contribution >= 4 is 17.6 Å². The highest BCUT2D eigenvalue weighted by Gasteiger charge is 2.23. The van der Waals surface area contributed by atoms with Crippen molar-refractivity contribution in [3.8, 4) is 22.8 Å². The second kappa shape index (κ2) is 3.92. The van der Waals surface area contributed by atoms with Crippen LogP contribution >= 0.6 is 11.6 Å². The van der Waals surface area contributed by atoms with Crippen molar-refractivity contribution in [2.24, 2.45) is 0 Å². The van der Waals surface area contributed by atoms with Gasteiger partial charge in [-0.1, -0.05) is 11.6 Å². The van der Waals surface area contributed by atoms with Crippen molar-refractivity contribution in [1.82, 2.24) is 10.2 Å². The number of aromatic amines is 1. The molecule has 0 radical (unpaired) electrons. The highest BCUT2D eigenvalue weighted by molar-refractivity contribution is 6.33. The molecule has 0 bridgehead atoms. The minimum Gasteiger partial charge on any atom is -0.477 e. The topological polar surface area (TPSA) is 84.4 Å². The lowest BCUT2D eigenvalue weighted by molar-refractivity contribution is 0.0690. The number of ether oxygens (including phenoxy) is 2. The molecule has 0 aliphatic carbocycles. The van der Waals surface area contributed by atoms with Crippen LogP contribution in [-0.4, -0.2) is 28.1 Å². The number of carboxylic acids is 1. The second-order valence-corrected chi connectivity index (χ2v) is 4.04. The maximum absolute atomic E-state index is 10.8. The largest absolute Gasteiger partial charge is 0.477 e. The molecular weight excluding hydrogens is 260 g/mol. The van der Waals surface area contributed by atoms with Gasteiger partial charge < -0.3 is 14.6 Å². The first-order chi connectivity index (χ1) is 8.66. The molecule has 0 unspecified atom stereocenters. The van der Waals surface area contributed by atoms with Crippen molar-refractivity contribution in [2.75, 3.05) is 6.79 Å². The molecule has 0 atom stereocenters. The standard InChI is InChI=1S/C11H7ClN2O4/c12-5-1-2-8-10(18-4-17-8)9(5)6-3-7(11(15)16)14-13-6/h1-3H,4H2,(H,13,14)(H,15,16). The van der Waals surface area contributed by atoms with Crippen LogP contribution in [0.15, 0.2) is 18.2 Å². The number of benzene rings is 1. The van der Waals surface area contributed by atoms with Gasteiger partial charge in [0.25, 0.3) is 0 Å². The first kappa shape index (κ1) is 10.9. The summed E-state index contributed by atoms with van der Waals surface area (Å²) in [6, 6.07) is 4.74. The van der Waals surface area contributed by atoms with Crippen molar-refractivity contribution in [3.05, 3.63) is 28.9 Å². The Labute approximate surface area is 106 Å². The summed E-state index contributed by atoms with van der Waals surface area (Å²) in [4.78, 5) is 10.8. The third-order valence-electron chi connectivity index (χ3n) is 2.55. The molecular formula is C11H7ClN2O4. The maximum Gasteiger partial charge on any atom is 0.353 e. The van der Waals surface area contributed by atoms with Crippen LogP contribution in [0.4, 0.5) is 0 Å². The Balaban J connectivity index is 2.16. The normalized spacial score (nSPS) is 12.7. The summed E-state index contributed by atoms with van der Waals surface area (Å²) in [7, 11) is 0. The van der Waals surface area contributed by atoms with Crippen molar-refractivity contribution in [3.63, 3.8) is 0 Å². The van der Waals surface area contributed by atoms with Crippen LogP contribution < -0.4 is 9.47 Å². The fourth-order valence-electron chi connectivity index (χ4n) is 1.75. The summed E-state index contributed by atoms with van der Waals surface area (Å²) in [6.45, 7) is 0.110. The zero-order valence-corrected chi connectivity index (χ0v) is 9.69. The van der Waals surface area contributed by atoms with Gasteiger partial charge in [0.2, 0.25) is 6.79 Å². The lowest BCUT2D eigenvalue weighted by atomic mass is 10.1. The summed E-state index contributed by atoms with van der Waals surface area (Å²) in [5, 5.41) is 15.6. The van der Waals surface area contributed by atoms with Crippen LogP contribution in [0, 0.1) is 0 Å². The Hall–Kier alpha value is -2.21. The average Bonchev–Trinajstić information content (AvgIpc) is 2.95. The van der Waals surface area contributed by atoms with E-state index >= 15 is 0 Å². The Morgan fingerprint density at radius 1 is 1.44 bits per heavy atom. The van der Waals surface area contributed by atoms with E-state index in [2.05, 4.69) is 10.2 Å². The van der Waals surface area contributed by atoms with Gasteiger partial charge in [-0.2, -0.15) is 5.10 Å². The fraction of sp³-hybridized carbons (Fsp3) is 0.0909. The molecule has 1 aromatic carbocycles. The molecule has 2 N–H and O–H groups in total. The van der Waals surface area contributed by atoms with Crippen molar-refractivity contribution in [2.45, 2.75) is 0 Å². The van der Waals surface area contributed by atoms with Crippen molar-refractivity contribution < 1.29 is 19.4 Å². The zero-order valence-electron chi connectivity index (χ0n) is 8.94. The lowest BCUT2D eigenvalue weighted by Crippen LogP contribution is -1.95. The molecule has 7 heteroatoms. The third-order valence-corrected chi connectivity index (χ3v) is 2.87. The minimum atomic E-state index is -1.09. The highest BCUT2D eigenvalue weighted by Crippen LogP contribution is 2.44. The molecule has 0 amide bonds. The van der Waals surface area contributed by atoms with Gasteiger partial charge in [0.1, 0.15) is 5.69 Å². The van der Waals surface area contributed by atoms with Gasteiger partial charge in [0, 0.05) is 0 Å². The molecule has 3 rings (SSSR count). The van der Waals surface area contributed by atoms with E-state index in [-0.39, 0.29) is 12.5 Å². The van der Waals surface area contributed by atoms with E-state index in [1.165, 1.54) is 6.07 Å². The number of carbonyl (C=O) groups is 1. The number of hydrogen-bond donors (Lipinski definition) is 2. The second-order valence-electron chi connectivity index (χ2n) is 3.63. The third kappa shape index (κ3) is 1.58. The van der Waals surface area contributed by atoms with Crippen LogP contribution in [0.3, 0.4) is 0 Å². The zero-order chi connectivity index (χ0) is 12.7. The number of nitrogens with zero attached hydrogens (tertiary/aromatic N) is 1. The number of nitrogens with one attached hydrogen (secondary N) is 1. The number of H-pyrrole nitrogens is 1. The molecule has 0 fully saturated rings. The van der Waals surface area contributed by atoms with Gasteiger partial charge >= 0.3 is 5.97 Å². The first-order valence-corrected chi connectivity index (χ1v) is 5.42. The Kier molecular flexibility index (Phi) is 2.38. The molecule has 0 saturated heterocycles. The molecule has 0 spiro atoms. The van der Waals surface area contributed by atoms with Crippen LogP contribution in [-0.2, 0) is 0 Å². The number of aromatic carboxylic acids is 1. The number of hydrogen-bond acceptors (Lipinski definition) is 4. The van der Waals surface area contributed by atoms with E-state index < -0.39 is 5.97 Å². The van der Waals surface area contributed by atoms with E-state index in [0.717, 1.165) is 0 Å². The van der Waals surface area contributed by atoms with Gasteiger partial charge in [-0.25, -0.2) is 4.79 Å². The van der Waals surface area contributed by atoms with E-state index in [9.17, 15) is 4.79 Å². The van der Waals surface area contributed by atoms with Gasteiger partial charge in [0.05, 0.1) is 16.3 Å². The summed E-state index contributed by atoms with van der Waals surface area (Å²) < 4.78 is 10.6. The van der Waals surface area contributed by atoms with Crippen LogP contribution in [0.2, 0.25) is 5.02 Å². The molecule has 1 aliphatic heterocycles. The summed E-state index contributed by atoms with van der Waals surface area (Å²) >= 11 is 6.09. The Morgan fingerprint density at radius 2 is 2.28 bits per heavy atom. The number of halogens is 1. The monoisotopic (exact) mass is 266 g/mol. The predicted octanol–water partition coefficient (Wildman–Crippen LogP) is 2.16. The first-order valence-electron chi connectivity index (χ1n) is 5.04. The SMILES string of the molecule is O=C(O)c1cc(-c2c(Cl)ccc3c2OCO3)n[nH]1. The predicted molar refractivity (Wildman–Crippen MR) is 62.1 cm³/mol. The molecule has 1 aromatic heterocycles. The quantitative estimate of drug-likeness (QED) is 0.870. The van der Waals surface area contributed by atoms with E-state index in [1.807, 2.05) is 0 Å². The average molecular weight is 267 g/mol. The molecule has 92 valence electrons. The molecule has 1 aliphatic rings. The summed E-state index contributed by atoms with van der Waals surface area (Å²) in [5.41, 5.74) is 0.910. The number of fused-ring (bicyclic) bond motifs is 1. The van der Waals surface area contributed by atoms with Crippen molar-refractivity contribution in [1.29, 1.82) is 0 Å². The van der Waals surface area contributed by atoms with Gasteiger partial charge in [-0.3, -0.25) is 5.10 Å². The number of carboxylic acid groups (broad SMARTS) is 1. The van der Waals surface area contributed by atoms with Gasteiger partial charge in [0.15, 0.2) is 11.5 Å². The number of aromatic nitrogens is 2. The molecule has 18 heavy (non-hydrogen) atoms. The molecule has 0 saturated carbocycles. The van der Waals surface area contributed by atoms with E-state index in [0.29, 0.717) is 27.8 Å². The Morgan fingerprint density at radius 3 is 3.00 bits per heavy atom. The number of rotatable bonds is 2. The fourth-order valence-corrected chi connectivity index (χ4v) is 1.99.